The van der Waals surface area contributed by atoms with Gasteiger partial charge in [-0.3, -0.25) is 9.59 Å². The molecule has 3 aliphatic rings. The zero-order chi connectivity index (χ0) is 10.3. The number of hydrogen-bond acceptors (Lipinski definition) is 2. The summed E-state index contributed by atoms with van der Waals surface area (Å²) < 4.78 is 0. The van der Waals surface area contributed by atoms with E-state index in [9.17, 15) is 9.59 Å². The third kappa shape index (κ3) is 1.22. The molecule has 0 radical (unpaired) electrons. The maximum absolute atomic E-state index is 11.0. The third-order valence-electron chi connectivity index (χ3n) is 3.32. The molecule has 14 heavy (non-hydrogen) atoms. The molecule has 2 N–H and O–H groups in total. The quantitative estimate of drug-likeness (QED) is 0.646. The molecule has 0 aromatic carbocycles. The fourth-order valence-corrected chi connectivity index (χ4v) is 2.67. The Morgan fingerprint density at radius 1 is 0.929 bits per heavy atom. The van der Waals surface area contributed by atoms with Crippen molar-refractivity contribution < 1.29 is 19.8 Å². The van der Waals surface area contributed by atoms with Gasteiger partial charge in [0.15, 0.2) is 0 Å². The average molecular weight is 196 g/mol. The van der Waals surface area contributed by atoms with Gasteiger partial charge >= 0.3 is 11.9 Å². The predicted molar refractivity (Wildman–Crippen MR) is 47.6 cm³/mol. The van der Waals surface area contributed by atoms with Crippen molar-refractivity contribution in [3.8, 4) is 0 Å². The first-order valence-corrected chi connectivity index (χ1v) is 4.75. The van der Waals surface area contributed by atoms with E-state index < -0.39 is 23.8 Å². The van der Waals surface area contributed by atoms with Gasteiger partial charge in [-0.1, -0.05) is 12.2 Å². The lowest BCUT2D eigenvalue weighted by Crippen LogP contribution is -2.45. The van der Waals surface area contributed by atoms with Crippen LogP contribution < -0.4 is 0 Å². The summed E-state index contributed by atoms with van der Waals surface area (Å²) in [6, 6.07) is 0. The van der Waals surface area contributed by atoms with E-state index in [0.29, 0.717) is 0 Å². The lowest BCUT2D eigenvalue weighted by molar-refractivity contribution is -0.160. The molecule has 4 nitrogen and oxygen atoms in total. The topological polar surface area (TPSA) is 74.6 Å². The molecular weight excluding hydrogens is 184 g/mol. The number of carboxylic acids is 2. The average Bonchev–Trinajstić information content (AvgIpc) is 2.17. The van der Waals surface area contributed by atoms with Crippen LogP contribution in [0.25, 0.3) is 0 Å². The first kappa shape index (κ1) is 9.24. The van der Waals surface area contributed by atoms with Gasteiger partial charge in [-0.2, -0.15) is 0 Å². The molecule has 1 fully saturated rings. The maximum atomic E-state index is 11.0. The fourth-order valence-electron chi connectivity index (χ4n) is 2.67. The highest BCUT2D eigenvalue weighted by Gasteiger charge is 2.48. The first-order valence-electron chi connectivity index (χ1n) is 4.75. The molecule has 4 atom stereocenters. The Labute approximate surface area is 81.2 Å². The minimum absolute atomic E-state index is 0.0846. The van der Waals surface area contributed by atoms with Crippen LogP contribution in [0.2, 0.25) is 0 Å². The molecule has 0 spiro atoms. The van der Waals surface area contributed by atoms with Crippen LogP contribution in [-0.4, -0.2) is 22.2 Å². The number of allylic oxidation sites excluding steroid dienone is 2. The highest BCUT2D eigenvalue weighted by Crippen LogP contribution is 2.44. The van der Waals surface area contributed by atoms with Crippen LogP contribution in [0.15, 0.2) is 12.2 Å². The van der Waals surface area contributed by atoms with Crippen LogP contribution >= 0.6 is 0 Å². The Morgan fingerprint density at radius 3 is 1.50 bits per heavy atom. The van der Waals surface area contributed by atoms with E-state index in [1.54, 1.807) is 0 Å². The second-order valence-corrected chi connectivity index (χ2v) is 4.02. The molecular formula is C10H12O4. The van der Waals surface area contributed by atoms with Gasteiger partial charge in [0.2, 0.25) is 0 Å². The minimum atomic E-state index is -0.976. The molecule has 0 aromatic rings. The number of aliphatic carboxylic acids is 2. The van der Waals surface area contributed by atoms with Crippen molar-refractivity contribution in [3.05, 3.63) is 12.2 Å². The molecule has 0 unspecified atom stereocenters. The summed E-state index contributed by atoms with van der Waals surface area (Å²) in [5, 5.41) is 18.0. The summed E-state index contributed by atoms with van der Waals surface area (Å²) in [6.07, 6.45) is 5.35. The molecule has 4 heteroatoms. The first-order chi connectivity index (χ1) is 6.61. The van der Waals surface area contributed by atoms with E-state index in [0.717, 1.165) is 12.8 Å². The van der Waals surface area contributed by atoms with E-state index in [1.807, 2.05) is 12.2 Å². The van der Waals surface area contributed by atoms with E-state index >= 15 is 0 Å². The summed E-state index contributed by atoms with van der Waals surface area (Å²) in [7, 11) is 0. The van der Waals surface area contributed by atoms with Crippen LogP contribution in [0.4, 0.5) is 0 Å². The molecule has 3 aliphatic carbocycles. The van der Waals surface area contributed by atoms with Crippen LogP contribution in [0.1, 0.15) is 12.8 Å². The Balaban J connectivity index is 2.33. The van der Waals surface area contributed by atoms with E-state index in [4.69, 9.17) is 10.2 Å². The zero-order valence-corrected chi connectivity index (χ0v) is 7.59. The number of carboxylic acid groups (broad SMARTS) is 2. The van der Waals surface area contributed by atoms with Crippen molar-refractivity contribution in [2.24, 2.45) is 23.7 Å². The lowest BCUT2D eigenvalue weighted by atomic mass is 9.62. The number of rotatable bonds is 2. The molecule has 0 aliphatic heterocycles. The fraction of sp³-hybridized carbons (Fsp3) is 0.600. The van der Waals surface area contributed by atoms with E-state index in [1.165, 1.54) is 0 Å². The van der Waals surface area contributed by atoms with Gasteiger partial charge in [0.05, 0.1) is 11.8 Å². The molecule has 1 saturated carbocycles. The third-order valence-corrected chi connectivity index (χ3v) is 3.32. The van der Waals surface area contributed by atoms with Crippen molar-refractivity contribution in [2.45, 2.75) is 12.8 Å². The summed E-state index contributed by atoms with van der Waals surface area (Å²) >= 11 is 0. The lowest BCUT2D eigenvalue weighted by Gasteiger charge is -2.40. The highest BCUT2D eigenvalue weighted by atomic mass is 16.4. The second kappa shape index (κ2) is 3.12. The molecule has 3 rings (SSSR count). The summed E-state index contributed by atoms with van der Waals surface area (Å²) in [4.78, 5) is 21.9. The van der Waals surface area contributed by atoms with E-state index in [2.05, 4.69) is 0 Å². The summed E-state index contributed by atoms with van der Waals surface area (Å²) in [5.41, 5.74) is 0. The smallest absolute Gasteiger partial charge is 0.307 e. The monoisotopic (exact) mass is 196 g/mol. The molecule has 0 amide bonds. The summed E-state index contributed by atoms with van der Waals surface area (Å²) in [6.45, 7) is 0. The van der Waals surface area contributed by atoms with Gasteiger partial charge in [0, 0.05) is 0 Å². The Hall–Kier alpha value is -1.32. The van der Waals surface area contributed by atoms with Gasteiger partial charge in [-0.05, 0) is 24.7 Å². The van der Waals surface area contributed by atoms with Crippen molar-refractivity contribution >= 4 is 11.9 Å². The van der Waals surface area contributed by atoms with Gasteiger partial charge < -0.3 is 10.2 Å². The van der Waals surface area contributed by atoms with Gasteiger partial charge in [0.25, 0.3) is 0 Å². The number of carbonyl (C=O) groups is 2. The van der Waals surface area contributed by atoms with Crippen molar-refractivity contribution in [1.29, 1.82) is 0 Å². The molecule has 0 saturated heterocycles. The predicted octanol–water partition coefficient (Wildman–Crippen LogP) is 0.984. The van der Waals surface area contributed by atoms with Crippen LogP contribution in [0.3, 0.4) is 0 Å². The number of fused-ring (bicyclic) bond motifs is 2. The van der Waals surface area contributed by atoms with Gasteiger partial charge in [-0.25, -0.2) is 0 Å². The van der Waals surface area contributed by atoms with Crippen LogP contribution in [0, 0.1) is 23.7 Å². The Kier molecular flexibility index (Phi) is 2.06. The molecule has 76 valence electrons. The van der Waals surface area contributed by atoms with Crippen molar-refractivity contribution in [1.82, 2.24) is 0 Å². The van der Waals surface area contributed by atoms with Crippen LogP contribution in [-0.2, 0) is 9.59 Å². The number of hydrogen-bond donors (Lipinski definition) is 2. The summed E-state index contributed by atoms with van der Waals surface area (Å²) in [5.74, 6) is -3.57. The highest BCUT2D eigenvalue weighted by molar-refractivity contribution is 5.81. The molecule has 0 heterocycles. The largest absolute Gasteiger partial charge is 0.481 e. The molecule has 2 bridgehead atoms. The van der Waals surface area contributed by atoms with Gasteiger partial charge in [0.1, 0.15) is 0 Å². The molecule has 0 aromatic heterocycles. The Morgan fingerprint density at radius 2 is 1.29 bits per heavy atom. The van der Waals surface area contributed by atoms with Crippen molar-refractivity contribution in [3.63, 3.8) is 0 Å². The second-order valence-electron chi connectivity index (χ2n) is 4.02. The van der Waals surface area contributed by atoms with E-state index in [-0.39, 0.29) is 11.8 Å². The zero-order valence-electron chi connectivity index (χ0n) is 7.59. The van der Waals surface area contributed by atoms with Crippen LogP contribution in [0.5, 0.6) is 0 Å². The SMILES string of the molecule is O=C(O)[C@H]1[C@H](C(=O)O)[C@H]2C=C[C@@H]1CC2. The van der Waals surface area contributed by atoms with Crippen molar-refractivity contribution in [2.75, 3.05) is 0 Å². The Bertz CT molecular complexity index is 277. The maximum Gasteiger partial charge on any atom is 0.307 e. The van der Waals surface area contributed by atoms with Gasteiger partial charge in [-0.15, -0.1) is 0 Å². The minimum Gasteiger partial charge on any atom is -0.481 e. The standard InChI is InChI=1S/C10H12O4/c11-9(12)7-5-1-2-6(4-3-5)8(7)10(13)14/h1-2,5-8H,3-4H2,(H,11,12)(H,13,14)/t5-,6+,7-,8-/m1/s1. The normalized spacial score (nSPS) is 39.7.